The molecule has 0 radical (unpaired) electrons. The Hall–Kier alpha value is -1.60. The summed E-state index contributed by atoms with van der Waals surface area (Å²) in [6.07, 6.45) is 0.505. The molecular weight excluding hydrogens is 244 g/mol. The molecule has 0 aliphatic carbocycles. The fourth-order valence-corrected chi connectivity index (χ4v) is 2.94. The lowest BCUT2D eigenvalue weighted by atomic mass is 9.87. The van der Waals surface area contributed by atoms with Gasteiger partial charge in [-0.1, -0.05) is 55.0 Å². The van der Waals surface area contributed by atoms with Crippen molar-refractivity contribution in [3.8, 4) is 0 Å². The largest absolute Gasteiger partial charge is 0.388 e. The molecule has 2 aromatic rings. The van der Waals surface area contributed by atoms with Gasteiger partial charge in [-0.15, -0.1) is 0 Å². The van der Waals surface area contributed by atoms with Crippen molar-refractivity contribution in [2.75, 3.05) is 0 Å². The standard InChI is InChI=1S/C19H24O/c1-13-10-14(2)18(15(3)11-13)12-16(4)19(20)17-8-6-5-7-9-17/h5-11,16,19-20H,12H2,1-4H3. The zero-order chi connectivity index (χ0) is 14.7. The van der Waals surface area contributed by atoms with Gasteiger partial charge in [0, 0.05) is 0 Å². The van der Waals surface area contributed by atoms with Crippen LogP contribution < -0.4 is 0 Å². The third kappa shape index (κ3) is 3.29. The van der Waals surface area contributed by atoms with Gasteiger partial charge >= 0.3 is 0 Å². The predicted molar refractivity (Wildman–Crippen MR) is 84.9 cm³/mol. The second-order valence-corrected chi connectivity index (χ2v) is 5.91. The van der Waals surface area contributed by atoms with E-state index in [-0.39, 0.29) is 5.92 Å². The third-order valence-corrected chi connectivity index (χ3v) is 4.05. The molecule has 0 heterocycles. The second kappa shape index (κ2) is 6.23. The molecule has 0 saturated carbocycles. The second-order valence-electron chi connectivity index (χ2n) is 5.91. The number of rotatable bonds is 4. The van der Waals surface area contributed by atoms with E-state index in [0.29, 0.717) is 0 Å². The average Bonchev–Trinajstić information content (AvgIpc) is 2.42. The predicted octanol–water partition coefficient (Wildman–Crippen LogP) is 4.52. The van der Waals surface area contributed by atoms with Crippen molar-refractivity contribution < 1.29 is 5.11 Å². The third-order valence-electron chi connectivity index (χ3n) is 4.05. The molecule has 0 amide bonds. The Morgan fingerprint density at radius 1 is 0.950 bits per heavy atom. The van der Waals surface area contributed by atoms with E-state index < -0.39 is 6.10 Å². The Kier molecular flexibility index (Phi) is 4.61. The summed E-state index contributed by atoms with van der Waals surface area (Å²) in [6.45, 7) is 8.58. The zero-order valence-corrected chi connectivity index (χ0v) is 12.9. The molecule has 1 heteroatoms. The van der Waals surface area contributed by atoms with Gasteiger partial charge in [0.1, 0.15) is 0 Å². The van der Waals surface area contributed by atoms with Crippen LogP contribution in [0.3, 0.4) is 0 Å². The quantitative estimate of drug-likeness (QED) is 0.864. The summed E-state index contributed by atoms with van der Waals surface area (Å²) in [5.41, 5.74) is 6.34. The summed E-state index contributed by atoms with van der Waals surface area (Å²) in [5, 5.41) is 10.5. The van der Waals surface area contributed by atoms with Crippen LogP contribution in [0, 0.1) is 26.7 Å². The van der Waals surface area contributed by atoms with E-state index in [1.807, 2.05) is 30.3 Å². The van der Waals surface area contributed by atoms with Gasteiger partial charge in [-0.2, -0.15) is 0 Å². The summed E-state index contributed by atoms with van der Waals surface area (Å²) in [7, 11) is 0. The van der Waals surface area contributed by atoms with Crippen molar-refractivity contribution in [3.05, 3.63) is 70.3 Å². The van der Waals surface area contributed by atoms with Crippen LogP contribution in [0.15, 0.2) is 42.5 Å². The van der Waals surface area contributed by atoms with E-state index in [0.717, 1.165) is 12.0 Å². The van der Waals surface area contributed by atoms with Gasteiger partial charge < -0.3 is 5.11 Å². The smallest absolute Gasteiger partial charge is 0.0818 e. The van der Waals surface area contributed by atoms with E-state index in [9.17, 15) is 5.11 Å². The summed E-state index contributed by atoms with van der Waals surface area (Å²) >= 11 is 0. The average molecular weight is 268 g/mol. The number of aliphatic hydroxyl groups is 1. The van der Waals surface area contributed by atoms with Crippen molar-refractivity contribution in [2.24, 2.45) is 5.92 Å². The van der Waals surface area contributed by atoms with Crippen molar-refractivity contribution in [3.63, 3.8) is 0 Å². The maximum atomic E-state index is 10.5. The maximum absolute atomic E-state index is 10.5. The fraction of sp³-hybridized carbons (Fsp3) is 0.368. The molecule has 1 nitrogen and oxygen atoms in total. The first-order valence-electron chi connectivity index (χ1n) is 7.28. The first-order valence-corrected chi connectivity index (χ1v) is 7.28. The molecule has 20 heavy (non-hydrogen) atoms. The van der Waals surface area contributed by atoms with Crippen molar-refractivity contribution in [1.82, 2.24) is 0 Å². The minimum Gasteiger partial charge on any atom is -0.388 e. The van der Waals surface area contributed by atoms with Gasteiger partial charge in [0.05, 0.1) is 6.10 Å². The number of hydrogen-bond donors (Lipinski definition) is 1. The molecule has 2 aromatic carbocycles. The number of benzene rings is 2. The SMILES string of the molecule is Cc1cc(C)c(CC(C)C(O)c2ccccc2)c(C)c1. The van der Waals surface area contributed by atoms with Gasteiger partial charge in [-0.05, 0) is 55.4 Å². The Bertz CT molecular complexity index is 549. The van der Waals surface area contributed by atoms with Crippen LogP contribution in [0.4, 0.5) is 0 Å². The van der Waals surface area contributed by atoms with E-state index in [1.165, 1.54) is 22.3 Å². The lowest BCUT2D eigenvalue weighted by Crippen LogP contribution is -2.13. The van der Waals surface area contributed by atoms with E-state index in [1.54, 1.807) is 0 Å². The van der Waals surface area contributed by atoms with Crippen LogP contribution in [0.5, 0.6) is 0 Å². The van der Waals surface area contributed by atoms with Crippen LogP contribution in [-0.2, 0) is 6.42 Å². The highest BCUT2D eigenvalue weighted by molar-refractivity contribution is 5.38. The molecule has 106 valence electrons. The van der Waals surface area contributed by atoms with Crippen LogP contribution >= 0.6 is 0 Å². The van der Waals surface area contributed by atoms with Crippen LogP contribution in [0.2, 0.25) is 0 Å². The molecule has 2 atom stereocenters. The van der Waals surface area contributed by atoms with Gasteiger partial charge in [0.15, 0.2) is 0 Å². The van der Waals surface area contributed by atoms with Gasteiger partial charge in [-0.3, -0.25) is 0 Å². The molecule has 0 aliphatic rings. The highest BCUT2D eigenvalue weighted by Gasteiger charge is 2.18. The molecule has 0 bridgehead atoms. The van der Waals surface area contributed by atoms with E-state index in [2.05, 4.69) is 39.8 Å². The van der Waals surface area contributed by atoms with E-state index >= 15 is 0 Å². The molecule has 0 fully saturated rings. The zero-order valence-electron chi connectivity index (χ0n) is 12.9. The fourth-order valence-electron chi connectivity index (χ4n) is 2.94. The summed E-state index contributed by atoms with van der Waals surface area (Å²) in [5.74, 6) is 0.206. The normalized spacial score (nSPS) is 14.1. The summed E-state index contributed by atoms with van der Waals surface area (Å²) < 4.78 is 0. The monoisotopic (exact) mass is 268 g/mol. The molecular formula is C19H24O. The number of aryl methyl sites for hydroxylation is 3. The Balaban J connectivity index is 2.18. The van der Waals surface area contributed by atoms with Gasteiger partial charge in [0.25, 0.3) is 0 Å². The first kappa shape index (κ1) is 14.8. The molecule has 0 aliphatic heterocycles. The highest BCUT2D eigenvalue weighted by Crippen LogP contribution is 2.27. The van der Waals surface area contributed by atoms with Crippen molar-refractivity contribution >= 4 is 0 Å². The molecule has 0 spiro atoms. The minimum absolute atomic E-state index is 0.206. The summed E-state index contributed by atoms with van der Waals surface area (Å²) in [6, 6.07) is 14.4. The molecule has 0 aromatic heterocycles. The molecule has 2 unspecified atom stereocenters. The van der Waals surface area contributed by atoms with Gasteiger partial charge in [0.2, 0.25) is 0 Å². The van der Waals surface area contributed by atoms with Gasteiger partial charge in [-0.25, -0.2) is 0 Å². The molecule has 2 rings (SSSR count). The van der Waals surface area contributed by atoms with Crippen LogP contribution in [-0.4, -0.2) is 5.11 Å². The first-order chi connectivity index (χ1) is 9.49. The molecule has 1 N–H and O–H groups in total. The number of aliphatic hydroxyl groups excluding tert-OH is 1. The topological polar surface area (TPSA) is 20.2 Å². The highest BCUT2D eigenvalue weighted by atomic mass is 16.3. The van der Waals surface area contributed by atoms with E-state index in [4.69, 9.17) is 0 Å². The lowest BCUT2D eigenvalue weighted by Gasteiger charge is -2.21. The maximum Gasteiger partial charge on any atom is 0.0818 e. The van der Waals surface area contributed by atoms with Crippen LogP contribution in [0.25, 0.3) is 0 Å². The number of hydrogen-bond acceptors (Lipinski definition) is 1. The van der Waals surface area contributed by atoms with Crippen molar-refractivity contribution in [1.29, 1.82) is 0 Å². The Labute approximate surface area is 122 Å². The minimum atomic E-state index is -0.406. The molecule has 0 saturated heterocycles. The Morgan fingerprint density at radius 2 is 1.50 bits per heavy atom. The lowest BCUT2D eigenvalue weighted by molar-refractivity contribution is 0.117. The Morgan fingerprint density at radius 3 is 2.05 bits per heavy atom. The summed E-state index contributed by atoms with van der Waals surface area (Å²) in [4.78, 5) is 0. The van der Waals surface area contributed by atoms with Crippen LogP contribution in [0.1, 0.15) is 40.8 Å². The van der Waals surface area contributed by atoms with Crippen molar-refractivity contribution in [2.45, 2.75) is 40.2 Å².